The molecule has 0 aliphatic rings. The van der Waals surface area contributed by atoms with Gasteiger partial charge >= 0.3 is 0 Å². The topological polar surface area (TPSA) is 46.5 Å². The van der Waals surface area contributed by atoms with Crippen molar-refractivity contribution in [3.8, 4) is 18.1 Å². The van der Waals surface area contributed by atoms with Gasteiger partial charge in [0, 0.05) is 5.56 Å². The van der Waals surface area contributed by atoms with Crippen molar-refractivity contribution in [2.75, 3.05) is 7.11 Å². The van der Waals surface area contributed by atoms with Crippen LogP contribution in [0.3, 0.4) is 0 Å². The molecule has 13 heavy (non-hydrogen) atoms. The van der Waals surface area contributed by atoms with Gasteiger partial charge in [-0.25, -0.2) is 4.21 Å². The lowest BCUT2D eigenvalue weighted by Crippen LogP contribution is -1.94. The van der Waals surface area contributed by atoms with E-state index in [-0.39, 0.29) is 4.90 Å². The van der Waals surface area contributed by atoms with Gasteiger partial charge in [-0.1, -0.05) is 5.92 Å². The van der Waals surface area contributed by atoms with Crippen LogP contribution < -0.4 is 4.74 Å². The molecule has 0 bridgehead atoms. The van der Waals surface area contributed by atoms with E-state index in [1.54, 1.807) is 12.1 Å². The highest BCUT2D eigenvalue weighted by atomic mass is 32.2. The number of benzene rings is 1. The standard InChI is InChI=1S/C9H8O3S/c1-3-7-4-5-9(13(10)11)8(6-7)12-2/h1,4-6H,2H3,(H,10,11). The number of ether oxygens (including phenoxy) is 1. The lowest BCUT2D eigenvalue weighted by Gasteiger charge is -2.04. The normalized spacial score (nSPS) is 11.8. The van der Waals surface area contributed by atoms with Gasteiger partial charge in [-0.05, 0) is 18.2 Å². The molecule has 0 aromatic heterocycles. The van der Waals surface area contributed by atoms with Crippen molar-refractivity contribution in [1.82, 2.24) is 0 Å². The summed E-state index contributed by atoms with van der Waals surface area (Å²) in [4.78, 5) is 0.224. The number of terminal acetylenes is 1. The summed E-state index contributed by atoms with van der Waals surface area (Å²) < 4.78 is 24.5. The molecule has 1 N–H and O–H groups in total. The van der Waals surface area contributed by atoms with Gasteiger partial charge in [-0.2, -0.15) is 0 Å². The molecule has 1 atom stereocenters. The number of methoxy groups -OCH3 is 1. The quantitative estimate of drug-likeness (QED) is 0.572. The van der Waals surface area contributed by atoms with E-state index in [2.05, 4.69) is 5.92 Å². The first kappa shape index (κ1) is 9.78. The average Bonchev–Trinajstić information content (AvgIpc) is 2.16. The van der Waals surface area contributed by atoms with Gasteiger partial charge in [0.05, 0.1) is 7.11 Å². The van der Waals surface area contributed by atoms with Gasteiger partial charge in [-0.3, -0.25) is 0 Å². The maximum absolute atomic E-state index is 10.8. The average molecular weight is 196 g/mol. The summed E-state index contributed by atoms with van der Waals surface area (Å²) in [6.45, 7) is 0. The predicted molar refractivity (Wildman–Crippen MR) is 50.0 cm³/mol. The third-order valence-corrected chi connectivity index (χ3v) is 2.23. The Morgan fingerprint density at radius 3 is 2.77 bits per heavy atom. The molecule has 3 nitrogen and oxygen atoms in total. The number of rotatable bonds is 2. The smallest absolute Gasteiger partial charge is 0.190 e. The Kier molecular flexibility index (Phi) is 3.07. The summed E-state index contributed by atoms with van der Waals surface area (Å²) in [6.07, 6.45) is 5.16. The first-order valence-corrected chi connectivity index (χ1v) is 4.55. The molecule has 0 heterocycles. The summed E-state index contributed by atoms with van der Waals surface area (Å²) in [5.41, 5.74) is 0.617. The van der Waals surface area contributed by atoms with Gasteiger partial charge < -0.3 is 9.29 Å². The molecule has 0 saturated heterocycles. The summed E-state index contributed by atoms with van der Waals surface area (Å²) >= 11 is -2.04. The number of hydrogen-bond donors (Lipinski definition) is 1. The van der Waals surface area contributed by atoms with Crippen molar-refractivity contribution in [2.24, 2.45) is 0 Å². The van der Waals surface area contributed by atoms with E-state index < -0.39 is 11.1 Å². The number of hydrogen-bond acceptors (Lipinski definition) is 2. The van der Waals surface area contributed by atoms with Crippen molar-refractivity contribution >= 4 is 11.1 Å². The monoisotopic (exact) mass is 196 g/mol. The highest BCUT2D eigenvalue weighted by Crippen LogP contribution is 2.22. The van der Waals surface area contributed by atoms with Crippen LogP contribution in [0.15, 0.2) is 23.1 Å². The van der Waals surface area contributed by atoms with E-state index in [0.717, 1.165) is 0 Å². The summed E-state index contributed by atoms with van der Waals surface area (Å²) in [7, 11) is 1.42. The first-order chi connectivity index (χ1) is 6.19. The fourth-order valence-corrected chi connectivity index (χ4v) is 1.40. The highest BCUT2D eigenvalue weighted by Gasteiger charge is 2.08. The summed E-state index contributed by atoms with van der Waals surface area (Å²) in [5, 5.41) is 0. The van der Waals surface area contributed by atoms with Crippen LogP contribution >= 0.6 is 0 Å². The summed E-state index contributed by atoms with van der Waals surface area (Å²) in [6, 6.07) is 4.61. The molecular formula is C9H8O3S. The molecule has 0 radical (unpaired) electrons. The molecule has 1 rings (SSSR count). The van der Waals surface area contributed by atoms with Crippen molar-refractivity contribution in [3.05, 3.63) is 23.8 Å². The molecule has 0 aliphatic carbocycles. The molecule has 1 unspecified atom stereocenters. The largest absolute Gasteiger partial charge is 0.495 e. The van der Waals surface area contributed by atoms with Crippen LogP contribution in [-0.4, -0.2) is 15.9 Å². The maximum atomic E-state index is 10.8. The highest BCUT2D eigenvalue weighted by molar-refractivity contribution is 7.79. The Morgan fingerprint density at radius 1 is 1.62 bits per heavy atom. The van der Waals surface area contributed by atoms with Crippen LogP contribution in [0.25, 0.3) is 0 Å². The van der Waals surface area contributed by atoms with Crippen LogP contribution in [0.2, 0.25) is 0 Å². The second-order valence-corrected chi connectivity index (χ2v) is 3.20. The minimum Gasteiger partial charge on any atom is -0.495 e. The van der Waals surface area contributed by atoms with Crippen molar-refractivity contribution in [3.63, 3.8) is 0 Å². The van der Waals surface area contributed by atoms with Crippen LogP contribution in [0.5, 0.6) is 5.75 Å². The van der Waals surface area contributed by atoms with Crippen LogP contribution in [-0.2, 0) is 11.1 Å². The van der Waals surface area contributed by atoms with Gasteiger partial charge in [0.25, 0.3) is 0 Å². The van der Waals surface area contributed by atoms with Crippen molar-refractivity contribution in [1.29, 1.82) is 0 Å². The molecule has 1 aromatic carbocycles. The fraction of sp³-hybridized carbons (Fsp3) is 0.111. The molecular weight excluding hydrogens is 188 g/mol. The first-order valence-electron chi connectivity index (χ1n) is 3.44. The Bertz CT molecular complexity index is 379. The van der Waals surface area contributed by atoms with E-state index in [9.17, 15) is 4.21 Å². The lowest BCUT2D eigenvalue weighted by atomic mass is 10.2. The van der Waals surface area contributed by atoms with E-state index in [0.29, 0.717) is 11.3 Å². The SMILES string of the molecule is C#Cc1ccc(S(=O)O)c(OC)c1. The van der Waals surface area contributed by atoms with Gasteiger partial charge in [0.1, 0.15) is 10.6 Å². The van der Waals surface area contributed by atoms with E-state index in [1.165, 1.54) is 13.2 Å². The lowest BCUT2D eigenvalue weighted by molar-refractivity contribution is 0.402. The van der Waals surface area contributed by atoms with Gasteiger partial charge in [-0.15, -0.1) is 6.42 Å². The van der Waals surface area contributed by atoms with Crippen molar-refractivity contribution in [2.45, 2.75) is 4.90 Å². The van der Waals surface area contributed by atoms with Crippen LogP contribution in [0.4, 0.5) is 0 Å². The summed E-state index contributed by atoms with van der Waals surface area (Å²) in [5.74, 6) is 2.74. The third kappa shape index (κ3) is 2.08. The molecule has 0 aliphatic heterocycles. The molecule has 0 amide bonds. The zero-order chi connectivity index (χ0) is 9.84. The Morgan fingerprint density at radius 2 is 2.31 bits per heavy atom. The fourth-order valence-electron chi connectivity index (χ4n) is 0.902. The Balaban J connectivity index is 3.25. The predicted octanol–water partition coefficient (Wildman–Crippen LogP) is 1.26. The third-order valence-electron chi connectivity index (χ3n) is 1.52. The maximum Gasteiger partial charge on any atom is 0.190 e. The molecule has 0 spiro atoms. The second-order valence-electron chi connectivity index (χ2n) is 2.26. The van der Waals surface area contributed by atoms with Crippen molar-refractivity contribution < 1.29 is 13.5 Å². The molecule has 4 heteroatoms. The minimum absolute atomic E-state index is 0.224. The molecule has 1 aromatic rings. The Hall–Kier alpha value is -1.31. The zero-order valence-electron chi connectivity index (χ0n) is 6.98. The van der Waals surface area contributed by atoms with Crippen LogP contribution in [0, 0.1) is 12.3 Å². The van der Waals surface area contributed by atoms with Gasteiger partial charge in [0.2, 0.25) is 0 Å². The van der Waals surface area contributed by atoms with E-state index in [4.69, 9.17) is 15.7 Å². The minimum atomic E-state index is -2.04. The molecule has 68 valence electrons. The Labute approximate surface area is 79.0 Å². The second kappa shape index (κ2) is 4.08. The van der Waals surface area contributed by atoms with E-state index >= 15 is 0 Å². The van der Waals surface area contributed by atoms with E-state index in [1.807, 2.05) is 0 Å². The zero-order valence-corrected chi connectivity index (χ0v) is 7.80. The molecule has 0 fully saturated rings. The molecule has 0 saturated carbocycles. The van der Waals surface area contributed by atoms with Crippen LogP contribution in [0.1, 0.15) is 5.56 Å². The van der Waals surface area contributed by atoms with Gasteiger partial charge in [0.15, 0.2) is 11.1 Å².